The van der Waals surface area contributed by atoms with Gasteiger partial charge in [0.2, 0.25) is 0 Å². The van der Waals surface area contributed by atoms with E-state index in [2.05, 4.69) is 5.32 Å². The van der Waals surface area contributed by atoms with Crippen molar-refractivity contribution in [2.45, 2.75) is 13.0 Å². The number of nitrogens with one attached hydrogen (secondary N) is 1. The molecule has 27 heavy (non-hydrogen) atoms. The van der Waals surface area contributed by atoms with Crippen LogP contribution in [0.25, 0.3) is 0 Å². The summed E-state index contributed by atoms with van der Waals surface area (Å²) in [6, 6.07) is 18.8. The molecule has 0 saturated heterocycles. The van der Waals surface area contributed by atoms with Crippen LogP contribution in [0.5, 0.6) is 11.5 Å². The van der Waals surface area contributed by atoms with Crippen molar-refractivity contribution in [1.29, 1.82) is 0 Å². The summed E-state index contributed by atoms with van der Waals surface area (Å²) < 4.78 is 6.05. The van der Waals surface area contributed by atoms with Gasteiger partial charge in [0.05, 0.1) is 11.7 Å². The van der Waals surface area contributed by atoms with Crippen LogP contribution in [-0.2, 0) is 0 Å². The van der Waals surface area contributed by atoms with Crippen LogP contribution in [0.15, 0.2) is 66.7 Å². The molecule has 3 aromatic rings. The summed E-state index contributed by atoms with van der Waals surface area (Å²) in [5, 5.41) is 22.6. The summed E-state index contributed by atoms with van der Waals surface area (Å²) in [6.07, 6.45) is 0. The smallest absolute Gasteiger partial charge is 0.252 e. The van der Waals surface area contributed by atoms with Crippen molar-refractivity contribution in [3.05, 3.63) is 94.2 Å². The Morgan fingerprint density at radius 3 is 2.48 bits per heavy atom. The fraction of sp³-hybridized carbons (Fsp3) is 0.0952. The largest absolute Gasteiger partial charge is 0.733 e. The van der Waals surface area contributed by atoms with E-state index in [1.807, 2.05) is 49.4 Å². The molecule has 6 nitrogen and oxygen atoms in total. The van der Waals surface area contributed by atoms with Gasteiger partial charge >= 0.3 is 0 Å². The second-order valence-electron chi connectivity index (χ2n) is 6.36. The van der Waals surface area contributed by atoms with Gasteiger partial charge in [-0.05, 0) is 42.8 Å². The standard InChI is InChI=1S/C21H17N2O4/c1-13-5-4-7-17-19(16-6-2-3-8-18(16)27-20(13)17)22-21(24)14-9-11-15(12-10-14)23(25)26/h2-12,19,25H,1H3,(H,22,24)/q-1. The molecule has 0 saturated carbocycles. The Kier molecular flexibility index (Phi) is 4.27. The van der Waals surface area contributed by atoms with Crippen LogP contribution in [0.2, 0.25) is 0 Å². The van der Waals surface area contributed by atoms with Crippen molar-refractivity contribution in [2.24, 2.45) is 0 Å². The molecule has 1 heterocycles. The predicted molar refractivity (Wildman–Crippen MR) is 101 cm³/mol. The Bertz CT molecular complexity index is 999. The third-order valence-electron chi connectivity index (χ3n) is 4.62. The second kappa shape index (κ2) is 6.75. The van der Waals surface area contributed by atoms with Gasteiger partial charge in [0.25, 0.3) is 5.91 Å². The predicted octanol–water partition coefficient (Wildman–Crippen LogP) is 4.31. The molecule has 0 aliphatic carbocycles. The monoisotopic (exact) mass is 361 g/mol. The zero-order valence-corrected chi connectivity index (χ0v) is 14.5. The number of rotatable bonds is 3. The van der Waals surface area contributed by atoms with Gasteiger partial charge in [-0.3, -0.25) is 10.0 Å². The third kappa shape index (κ3) is 3.12. The van der Waals surface area contributed by atoms with E-state index in [9.17, 15) is 10.0 Å². The zero-order chi connectivity index (χ0) is 19.0. The van der Waals surface area contributed by atoms with E-state index in [-0.39, 0.29) is 22.9 Å². The molecule has 1 unspecified atom stereocenters. The van der Waals surface area contributed by atoms with Crippen molar-refractivity contribution >= 4 is 11.6 Å². The first-order valence-corrected chi connectivity index (χ1v) is 8.48. The first-order chi connectivity index (χ1) is 13.0. The number of para-hydroxylation sites is 2. The molecule has 1 atom stereocenters. The maximum Gasteiger partial charge on any atom is 0.252 e. The molecular weight excluding hydrogens is 344 g/mol. The highest BCUT2D eigenvalue weighted by Gasteiger charge is 2.29. The molecule has 2 N–H and O–H groups in total. The minimum Gasteiger partial charge on any atom is -0.733 e. The number of anilines is 1. The third-order valence-corrected chi connectivity index (χ3v) is 4.62. The number of amides is 1. The van der Waals surface area contributed by atoms with Gasteiger partial charge in [0.1, 0.15) is 11.5 Å². The first kappa shape index (κ1) is 17.1. The summed E-state index contributed by atoms with van der Waals surface area (Å²) in [7, 11) is 0. The molecule has 0 aromatic heterocycles. The van der Waals surface area contributed by atoms with Crippen LogP contribution in [0.3, 0.4) is 0 Å². The molecular formula is C21H17N2O4-. The highest BCUT2D eigenvalue weighted by molar-refractivity contribution is 5.95. The first-order valence-electron chi connectivity index (χ1n) is 8.48. The van der Waals surface area contributed by atoms with E-state index >= 15 is 0 Å². The van der Waals surface area contributed by atoms with Gasteiger partial charge in [-0.2, -0.15) is 0 Å². The molecule has 1 aliphatic heterocycles. The molecule has 0 radical (unpaired) electrons. The number of hydrogen-bond acceptors (Lipinski definition) is 5. The van der Waals surface area contributed by atoms with Gasteiger partial charge < -0.3 is 20.5 Å². The number of benzene rings is 3. The number of fused-ring (bicyclic) bond motifs is 2. The lowest BCUT2D eigenvalue weighted by Gasteiger charge is -2.30. The molecule has 0 bridgehead atoms. The van der Waals surface area contributed by atoms with Gasteiger partial charge in [0, 0.05) is 16.7 Å². The Balaban J connectivity index is 1.69. The number of nitrogens with zero attached hydrogens (tertiary/aromatic N) is 1. The highest BCUT2D eigenvalue weighted by Crippen LogP contribution is 2.44. The zero-order valence-electron chi connectivity index (χ0n) is 14.5. The molecule has 6 heteroatoms. The Morgan fingerprint density at radius 1 is 1.04 bits per heavy atom. The normalized spacial score (nSPS) is 14.6. The van der Waals surface area contributed by atoms with Crippen molar-refractivity contribution in [1.82, 2.24) is 5.32 Å². The van der Waals surface area contributed by atoms with Crippen molar-refractivity contribution < 1.29 is 14.7 Å². The van der Waals surface area contributed by atoms with E-state index in [1.54, 1.807) is 0 Å². The van der Waals surface area contributed by atoms with Crippen LogP contribution < -0.4 is 15.3 Å². The summed E-state index contributed by atoms with van der Waals surface area (Å²) in [6.45, 7) is 1.97. The summed E-state index contributed by atoms with van der Waals surface area (Å²) in [5.74, 6) is 1.17. The summed E-state index contributed by atoms with van der Waals surface area (Å²) >= 11 is 0. The van der Waals surface area contributed by atoms with E-state index in [1.165, 1.54) is 24.3 Å². The minimum absolute atomic E-state index is 0.0592. The average Bonchev–Trinajstić information content (AvgIpc) is 2.68. The molecule has 0 fully saturated rings. The maximum atomic E-state index is 12.8. The van der Waals surface area contributed by atoms with E-state index in [4.69, 9.17) is 9.94 Å². The van der Waals surface area contributed by atoms with Crippen molar-refractivity contribution in [3.63, 3.8) is 0 Å². The van der Waals surface area contributed by atoms with Crippen molar-refractivity contribution in [3.8, 4) is 11.5 Å². The quantitative estimate of drug-likeness (QED) is 0.679. The number of ether oxygens (including phenoxy) is 1. The Labute approximate surface area is 156 Å². The van der Waals surface area contributed by atoms with Gasteiger partial charge in [0.15, 0.2) is 0 Å². The lowest BCUT2D eigenvalue weighted by Crippen LogP contribution is -2.31. The van der Waals surface area contributed by atoms with Crippen LogP contribution in [0.4, 0.5) is 5.69 Å². The fourth-order valence-corrected chi connectivity index (χ4v) is 3.24. The number of hydrogen-bond donors (Lipinski definition) is 2. The fourth-order valence-electron chi connectivity index (χ4n) is 3.24. The summed E-state index contributed by atoms with van der Waals surface area (Å²) in [4.78, 5) is 12.8. The van der Waals surface area contributed by atoms with Gasteiger partial charge in [-0.25, -0.2) is 0 Å². The van der Waals surface area contributed by atoms with Crippen LogP contribution in [0.1, 0.15) is 33.1 Å². The number of aryl methyl sites for hydroxylation is 1. The molecule has 3 aromatic carbocycles. The van der Waals surface area contributed by atoms with Crippen molar-refractivity contribution in [2.75, 3.05) is 5.23 Å². The molecule has 1 aliphatic rings. The lowest BCUT2D eigenvalue weighted by molar-refractivity contribution is 0.0941. The molecule has 0 spiro atoms. The topological polar surface area (TPSA) is 84.9 Å². The summed E-state index contributed by atoms with van der Waals surface area (Å²) in [5.41, 5.74) is 3.20. The average molecular weight is 361 g/mol. The van der Waals surface area contributed by atoms with E-state index in [0.717, 1.165) is 22.4 Å². The van der Waals surface area contributed by atoms with E-state index < -0.39 is 0 Å². The Hall–Kier alpha value is -3.35. The molecule has 136 valence electrons. The maximum absolute atomic E-state index is 12.8. The van der Waals surface area contributed by atoms with E-state index in [0.29, 0.717) is 11.3 Å². The van der Waals surface area contributed by atoms with Gasteiger partial charge in [-0.1, -0.05) is 36.4 Å². The van der Waals surface area contributed by atoms with Crippen LogP contribution in [0, 0.1) is 12.1 Å². The molecule has 4 rings (SSSR count). The Morgan fingerprint density at radius 2 is 1.74 bits per heavy atom. The SMILES string of the molecule is Cc1cccc2c1Oc1ccccc1C2NC(=O)c1ccc(N([O-])O)cc1. The second-order valence-corrected chi connectivity index (χ2v) is 6.36. The number of carbonyl (C=O) groups is 1. The molecule has 1 amide bonds. The van der Waals surface area contributed by atoms with Crippen LogP contribution in [-0.4, -0.2) is 11.1 Å². The van der Waals surface area contributed by atoms with Gasteiger partial charge in [-0.15, -0.1) is 0 Å². The number of carbonyl (C=O) groups excluding carboxylic acids is 1. The highest BCUT2D eigenvalue weighted by atomic mass is 16.8. The lowest BCUT2D eigenvalue weighted by atomic mass is 9.92. The minimum atomic E-state index is -0.356. The van der Waals surface area contributed by atoms with Crippen LogP contribution >= 0.6 is 0 Å².